The Bertz CT molecular complexity index is 1020. The Morgan fingerprint density at radius 2 is 1.55 bits per heavy atom. The van der Waals surface area contributed by atoms with Crippen LogP contribution in [0.3, 0.4) is 0 Å². The number of aromatic nitrogens is 2. The summed E-state index contributed by atoms with van der Waals surface area (Å²) in [5.41, 5.74) is 3.70. The lowest BCUT2D eigenvalue weighted by molar-refractivity contribution is 0.0722. The Kier molecular flexibility index (Phi) is 9.55. The van der Waals surface area contributed by atoms with Crippen LogP contribution < -0.4 is 4.74 Å². The van der Waals surface area contributed by atoms with Crippen molar-refractivity contribution in [3.8, 4) is 17.1 Å². The predicted molar refractivity (Wildman–Crippen MR) is 130 cm³/mol. The van der Waals surface area contributed by atoms with Crippen molar-refractivity contribution in [2.75, 3.05) is 0 Å². The SMILES string of the molecule is CCCCCCCCc1ccc(C(=O)Oc2cnc(-c3ccc(CCC)cc3)cn2)c(F)c1. The molecule has 4 nitrogen and oxygen atoms in total. The molecule has 0 radical (unpaired) electrons. The molecular weight excluding hydrogens is 415 g/mol. The summed E-state index contributed by atoms with van der Waals surface area (Å²) in [7, 11) is 0. The first kappa shape index (κ1) is 24.6. The van der Waals surface area contributed by atoms with E-state index in [1.165, 1.54) is 49.6 Å². The third-order valence-corrected chi connectivity index (χ3v) is 5.69. The van der Waals surface area contributed by atoms with E-state index in [1.807, 2.05) is 12.1 Å². The lowest BCUT2D eigenvalue weighted by Crippen LogP contribution is -2.12. The number of carbonyl (C=O) groups excluding carboxylic acids is 1. The molecule has 0 spiro atoms. The number of hydrogen-bond donors (Lipinski definition) is 0. The summed E-state index contributed by atoms with van der Waals surface area (Å²) in [4.78, 5) is 20.9. The van der Waals surface area contributed by atoms with Crippen molar-refractivity contribution in [1.82, 2.24) is 9.97 Å². The maximum absolute atomic E-state index is 14.5. The predicted octanol–water partition coefficient (Wildman–Crippen LogP) is 7.36. The van der Waals surface area contributed by atoms with Crippen molar-refractivity contribution < 1.29 is 13.9 Å². The van der Waals surface area contributed by atoms with Crippen LogP contribution in [-0.2, 0) is 12.8 Å². The van der Waals surface area contributed by atoms with Gasteiger partial charge in [0, 0.05) is 5.56 Å². The molecule has 0 saturated heterocycles. The number of ether oxygens (including phenoxy) is 1. The second-order valence-corrected chi connectivity index (χ2v) is 8.41. The molecule has 1 heterocycles. The summed E-state index contributed by atoms with van der Waals surface area (Å²) >= 11 is 0. The lowest BCUT2D eigenvalue weighted by Gasteiger charge is -2.07. The fourth-order valence-electron chi connectivity index (χ4n) is 3.79. The Labute approximate surface area is 196 Å². The quantitative estimate of drug-likeness (QED) is 0.215. The van der Waals surface area contributed by atoms with Gasteiger partial charge in [0.05, 0.1) is 23.7 Å². The number of benzene rings is 2. The second-order valence-electron chi connectivity index (χ2n) is 8.41. The van der Waals surface area contributed by atoms with Crippen molar-refractivity contribution in [1.29, 1.82) is 0 Å². The van der Waals surface area contributed by atoms with Gasteiger partial charge in [0.15, 0.2) is 0 Å². The zero-order chi connectivity index (χ0) is 23.5. The zero-order valence-corrected chi connectivity index (χ0v) is 19.6. The van der Waals surface area contributed by atoms with Gasteiger partial charge in [-0.1, -0.05) is 82.7 Å². The standard InChI is InChI=1S/C28H33FN2O2/c1-3-5-6-7-8-9-11-22-14-17-24(25(29)18-22)28(32)33-27-20-30-26(19-31-27)23-15-12-21(10-4-2)13-16-23/h12-20H,3-11H2,1-2H3. The third-order valence-electron chi connectivity index (χ3n) is 5.69. The minimum atomic E-state index is -0.774. The molecule has 0 aliphatic heterocycles. The Balaban J connectivity index is 1.55. The molecule has 0 amide bonds. The van der Waals surface area contributed by atoms with Gasteiger partial charge in [-0.25, -0.2) is 19.2 Å². The van der Waals surface area contributed by atoms with E-state index in [0.717, 1.165) is 43.2 Å². The monoisotopic (exact) mass is 448 g/mol. The molecule has 33 heavy (non-hydrogen) atoms. The molecule has 0 saturated carbocycles. The molecule has 0 aliphatic carbocycles. The van der Waals surface area contributed by atoms with Gasteiger partial charge in [-0.05, 0) is 42.5 Å². The van der Waals surface area contributed by atoms with E-state index in [1.54, 1.807) is 12.3 Å². The van der Waals surface area contributed by atoms with Gasteiger partial charge in [-0.15, -0.1) is 0 Å². The number of nitrogens with zero attached hydrogens (tertiary/aromatic N) is 2. The van der Waals surface area contributed by atoms with E-state index < -0.39 is 11.8 Å². The highest BCUT2D eigenvalue weighted by Crippen LogP contribution is 2.20. The van der Waals surface area contributed by atoms with E-state index in [4.69, 9.17) is 4.74 Å². The van der Waals surface area contributed by atoms with Crippen LogP contribution in [0.25, 0.3) is 11.3 Å². The molecular formula is C28H33FN2O2. The van der Waals surface area contributed by atoms with Crippen LogP contribution in [0.2, 0.25) is 0 Å². The largest absolute Gasteiger partial charge is 0.402 e. The molecule has 0 bridgehead atoms. The summed E-state index contributed by atoms with van der Waals surface area (Å²) in [6.07, 6.45) is 13.0. The first-order valence-electron chi connectivity index (χ1n) is 12.0. The molecule has 0 unspecified atom stereocenters. The first-order valence-corrected chi connectivity index (χ1v) is 12.0. The summed E-state index contributed by atoms with van der Waals surface area (Å²) in [6, 6.07) is 12.9. The molecule has 5 heteroatoms. The number of unbranched alkanes of at least 4 members (excludes halogenated alkanes) is 5. The van der Waals surface area contributed by atoms with Gasteiger partial charge in [0.25, 0.3) is 0 Å². The van der Waals surface area contributed by atoms with Crippen molar-refractivity contribution in [2.24, 2.45) is 0 Å². The highest BCUT2D eigenvalue weighted by atomic mass is 19.1. The van der Waals surface area contributed by atoms with E-state index in [-0.39, 0.29) is 11.4 Å². The number of halogens is 1. The second kappa shape index (κ2) is 12.8. The topological polar surface area (TPSA) is 52.1 Å². The zero-order valence-electron chi connectivity index (χ0n) is 19.6. The fourth-order valence-corrected chi connectivity index (χ4v) is 3.79. The molecule has 3 rings (SSSR count). The van der Waals surface area contributed by atoms with Crippen LogP contribution in [0.5, 0.6) is 5.88 Å². The summed E-state index contributed by atoms with van der Waals surface area (Å²) in [5.74, 6) is -1.30. The number of carbonyl (C=O) groups is 1. The van der Waals surface area contributed by atoms with E-state index in [9.17, 15) is 9.18 Å². The van der Waals surface area contributed by atoms with Crippen LogP contribution in [0.4, 0.5) is 4.39 Å². The highest BCUT2D eigenvalue weighted by Gasteiger charge is 2.16. The van der Waals surface area contributed by atoms with Gasteiger partial charge < -0.3 is 4.74 Å². The minimum absolute atomic E-state index is 0.0434. The van der Waals surface area contributed by atoms with Gasteiger partial charge >= 0.3 is 5.97 Å². The van der Waals surface area contributed by atoms with Crippen LogP contribution in [0, 0.1) is 5.82 Å². The number of rotatable bonds is 12. The molecule has 2 aromatic carbocycles. The molecule has 1 aromatic heterocycles. The summed E-state index contributed by atoms with van der Waals surface area (Å²) < 4.78 is 19.8. The van der Waals surface area contributed by atoms with Crippen molar-refractivity contribution in [3.05, 3.63) is 77.4 Å². The molecule has 0 N–H and O–H groups in total. The maximum Gasteiger partial charge on any atom is 0.347 e. The van der Waals surface area contributed by atoms with Crippen LogP contribution >= 0.6 is 0 Å². The van der Waals surface area contributed by atoms with Gasteiger partial charge in [-0.2, -0.15) is 0 Å². The Morgan fingerprint density at radius 1 is 0.818 bits per heavy atom. The van der Waals surface area contributed by atoms with Crippen molar-refractivity contribution >= 4 is 5.97 Å². The average molecular weight is 449 g/mol. The average Bonchev–Trinajstić information content (AvgIpc) is 2.82. The molecule has 174 valence electrons. The number of esters is 1. The van der Waals surface area contributed by atoms with Crippen LogP contribution in [0.15, 0.2) is 54.9 Å². The van der Waals surface area contributed by atoms with Crippen molar-refractivity contribution in [2.45, 2.75) is 71.6 Å². The number of hydrogen-bond acceptors (Lipinski definition) is 4. The van der Waals surface area contributed by atoms with Crippen LogP contribution in [0.1, 0.15) is 80.3 Å². The van der Waals surface area contributed by atoms with Gasteiger partial charge in [0.2, 0.25) is 5.88 Å². The Morgan fingerprint density at radius 3 is 2.21 bits per heavy atom. The third kappa shape index (κ3) is 7.48. The normalized spacial score (nSPS) is 10.9. The molecule has 0 fully saturated rings. The van der Waals surface area contributed by atoms with E-state index in [0.29, 0.717) is 5.69 Å². The molecule has 0 aliphatic rings. The number of aryl methyl sites for hydroxylation is 2. The summed E-state index contributed by atoms with van der Waals surface area (Å²) in [5, 5.41) is 0. The first-order chi connectivity index (χ1) is 16.1. The molecule has 3 aromatic rings. The van der Waals surface area contributed by atoms with E-state index in [2.05, 4.69) is 35.9 Å². The molecule has 0 atom stereocenters. The smallest absolute Gasteiger partial charge is 0.347 e. The Hall–Kier alpha value is -3.08. The summed E-state index contributed by atoms with van der Waals surface area (Å²) in [6.45, 7) is 4.35. The minimum Gasteiger partial charge on any atom is -0.402 e. The van der Waals surface area contributed by atoms with Crippen molar-refractivity contribution in [3.63, 3.8) is 0 Å². The van der Waals surface area contributed by atoms with Crippen LogP contribution in [-0.4, -0.2) is 15.9 Å². The highest BCUT2D eigenvalue weighted by molar-refractivity contribution is 5.91. The lowest BCUT2D eigenvalue weighted by atomic mass is 10.0. The maximum atomic E-state index is 14.5. The van der Waals surface area contributed by atoms with E-state index >= 15 is 0 Å². The van der Waals surface area contributed by atoms with Gasteiger partial charge in [0.1, 0.15) is 5.82 Å². The van der Waals surface area contributed by atoms with Gasteiger partial charge in [-0.3, -0.25) is 0 Å². The fraction of sp³-hybridized carbons (Fsp3) is 0.393.